The van der Waals surface area contributed by atoms with Crippen LogP contribution in [-0.4, -0.2) is 24.9 Å². The molecule has 0 bridgehead atoms. The Hall–Kier alpha value is -0.880. The lowest BCUT2D eigenvalue weighted by molar-refractivity contribution is -0.0329. The van der Waals surface area contributed by atoms with Crippen LogP contribution < -0.4 is 10.1 Å². The third-order valence-electron chi connectivity index (χ3n) is 2.19. The third-order valence-corrected chi connectivity index (χ3v) is 2.89. The molecule has 0 radical (unpaired) electrons. The van der Waals surface area contributed by atoms with E-state index in [1.807, 2.05) is 26.1 Å². The van der Waals surface area contributed by atoms with E-state index in [0.717, 1.165) is 11.1 Å². The quantitative estimate of drug-likeness (QED) is 0.807. The van der Waals surface area contributed by atoms with Gasteiger partial charge in [-0.15, -0.1) is 0 Å². The van der Waals surface area contributed by atoms with Gasteiger partial charge in [-0.2, -0.15) is 13.2 Å². The molecular formula is C12H16F3NOS. The Morgan fingerprint density at radius 3 is 2.67 bits per heavy atom. The summed E-state index contributed by atoms with van der Waals surface area (Å²) in [5.74, 6) is 0.536. The number of alkyl halides is 3. The van der Waals surface area contributed by atoms with Gasteiger partial charge in [0, 0.05) is 17.9 Å². The summed E-state index contributed by atoms with van der Waals surface area (Å²) in [6.07, 6.45) is 0. The number of rotatable bonds is 6. The number of ether oxygens (including phenoxy) is 1. The molecule has 0 aliphatic heterocycles. The van der Waals surface area contributed by atoms with Gasteiger partial charge < -0.3 is 10.1 Å². The van der Waals surface area contributed by atoms with Gasteiger partial charge >= 0.3 is 5.51 Å². The zero-order chi connectivity index (χ0) is 13.6. The number of nitrogens with one attached hydrogen (secondary N) is 1. The molecule has 0 aliphatic carbocycles. The van der Waals surface area contributed by atoms with Crippen LogP contribution in [0.15, 0.2) is 18.2 Å². The molecule has 6 heteroatoms. The minimum absolute atomic E-state index is 0.0456. The fourth-order valence-electron chi connectivity index (χ4n) is 1.49. The van der Waals surface area contributed by atoms with Gasteiger partial charge in [-0.1, -0.05) is 17.7 Å². The van der Waals surface area contributed by atoms with E-state index in [1.54, 1.807) is 6.07 Å². The highest BCUT2D eigenvalue weighted by molar-refractivity contribution is 8.00. The van der Waals surface area contributed by atoms with E-state index < -0.39 is 5.51 Å². The first kappa shape index (κ1) is 15.2. The zero-order valence-electron chi connectivity index (χ0n) is 10.3. The van der Waals surface area contributed by atoms with Gasteiger partial charge in [0.2, 0.25) is 0 Å². The molecule has 0 spiro atoms. The Morgan fingerprint density at radius 1 is 1.33 bits per heavy atom. The van der Waals surface area contributed by atoms with E-state index in [2.05, 4.69) is 5.32 Å². The lowest BCUT2D eigenvalue weighted by Crippen LogP contribution is -2.11. The highest BCUT2D eigenvalue weighted by Crippen LogP contribution is 2.30. The maximum absolute atomic E-state index is 11.9. The zero-order valence-corrected chi connectivity index (χ0v) is 11.1. The van der Waals surface area contributed by atoms with Crippen LogP contribution in [0.3, 0.4) is 0 Å². The van der Waals surface area contributed by atoms with Crippen LogP contribution in [0.25, 0.3) is 0 Å². The van der Waals surface area contributed by atoms with Crippen LogP contribution in [0, 0.1) is 6.92 Å². The normalized spacial score (nSPS) is 11.6. The molecule has 0 unspecified atom stereocenters. The maximum atomic E-state index is 11.9. The number of halogens is 3. The van der Waals surface area contributed by atoms with E-state index >= 15 is 0 Å². The summed E-state index contributed by atoms with van der Waals surface area (Å²) >= 11 is -0.0654. The maximum Gasteiger partial charge on any atom is 0.441 e. The number of aryl methyl sites for hydroxylation is 1. The summed E-state index contributed by atoms with van der Waals surface area (Å²) in [6, 6.07) is 5.63. The fourth-order valence-corrected chi connectivity index (χ4v) is 1.88. The van der Waals surface area contributed by atoms with Gasteiger partial charge in [-0.25, -0.2) is 0 Å². The Bertz CT molecular complexity index is 382. The van der Waals surface area contributed by atoms with Crippen molar-refractivity contribution in [3.8, 4) is 5.75 Å². The Labute approximate surface area is 109 Å². The second-order valence-electron chi connectivity index (χ2n) is 3.78. The summed E-state index contributed by atoms with van der Waals surface area (Å²) < 4.78 is 41.2. The van der Waals surface area contributed by atoms with Crippen LogP contribution in [0.4, 0.5) is 13.2 Å². The largest absolute Gasteiger partial charge is 0.492 e. The molecule has 2 nitrogen and oxygen atoms in total. The molecule has 0 atom stereocenters. The van der Waals surface area contributed by atoms with Crippen molar-refractivity contribution in [2.24, 2.45) is 0 Å². The molecule has 0 fully saturated rings. The van der Waals surface area contributed by atoms with Crippen molar-refractivity contribution in [2.75, 3.05) is 19.4 Å². The lowest BCUT2D eigenvalue weighted by atomic mass is 10.1. The van der Waals surface area contributed by atoms with Crippen molar-refractivity contribution in [1.82, 2.24) is 5.32 Å². The molecule has 0 aromatic heterocycles. The van der Waals surface area contributed by atoms with Crippen LogP contribution in [0.5, 0.6) is 5.75 Å². The summed E-state index contributed by atoms with van der Waals surface area (Å²) in [4.78, 5) is 0. The van der Waals surface area contributed by atoms with Gasteiger partial charge in [0.05, 0.1) is 6.61 Å². The van der Waals surface area contributed by atoms with E-state index in [1.165, 1.54) is 0 Å². The first-order chi connectivity index (χ1) is 8.42. The van der Waals surface area contributed by atoms with Crippen molar-refractivity contribution in [3.05, 3.63) is 29.3 Å². The Balaban J connectivity index is 2.51. The minimum Gasteiger partial charge on any atom is -0.492 e. The smallest absolute Gasteiger partial charge is 0.441 e. The molecule has 1 aromatic carbocycles. The number of hydrogen-bond donors (Lipinski definition) is 1. The van der Waals surface area contributed by atoms with E-state index in [0.29, 0.717) is 12.3 Å². The average molecular weight is 279 g/mol. The van der Waals surface area contributed by atoms with E-state index in [-0.39, 0.29) is 24.1 Å². The Kier molecular flexibility index (Phi) is 5.81. The highest BCUT2D eigenvalue weighted by atomic mass is 32.2. The molecule has 18 heavy (non-hydrogen) atoms. The van der Waals surface area contributed by atoms with Crippen molar-refractivity contribution >= 4 is 11.8 Å². The molecule has 1 aromatic rings. The van der Waals surface area contributed by atoms with Crippen LogP contribution in [0.2, 0.25) is 0 Å². The van der Waals surface area contributed by atoms with Crippen LogP contribution in [-0.2, 0) is 6.54 Å². The number of hydrogen-bond acceptors (Lipinski definition) is 3. The molecule has 102 valence electrons. The van der Waals surface area contributed by atoms with Crippen molar-refractivity contribution in [1.29, 1.82) is 0 Å². The minimum atomic E-state index is -4.19. The van der Waals surface area contributed by atoms with Crippen molar-refractivity contribution in [2.45, 2.75) is 19.0 Å². The molecule has 0 saturated heterocycles. The molecule has 0 amide bonds. The predicted molar refractivity (Wildman–Crippen MR) is 68.0 cm³/mol. The average Bonchev–Trinajstić information content (AvgIpc) is 2.26. The van der Waals surface area contributed by atoms with Gasteiger partial charge in [0.15, 0.2) is 0 Å². The first-order valence-electron chi connectivity index (χ1n) is 5.50. The van der Waals surface area contributed by atoms with Gasteiger partial charge in [-0.05, 0) is 31.8 Å². The summed E-state index contributed by atoms with van der Waals surface area (Å²) in [7, 11) is 1.81. The first-order valence-corrected chi connectivity index (χ1v) is 6.48. The number of benzene rings is 1. The molecule has 0 saturated carbocycles. The Morgan fingerprint density at radius 2 is 2.06 bits per heavy atom. The monoisotopic (exact) mass is 279 g/mol. The third kappa shape index (κ3) is 5.64. The lowest BCUT2D eigenvalue weighted by Gasteiger charge is -2.12. The summed E-state index contributed by atoms with van der Waals surface area (Å²) in [5.41, 5.74) is -2.14. The van der Waals surface area contributed by atoms with Gasteiger partial charge in [0.1, 0.15) is 5.75 Å². The SMILES string of the molecule is CNCc1cc(C)ccc1OCCSC(F)(F)F. The van der Waals surface area contributed by atoms with Crippen LogP contribution in [0.1, 0.15) is 11.1 Å². The fraction of sp³-hybridized carbons (Fsp3) is 0.500. The standard InChI is InChI=1S/C12H16F3NOS/c1-9-3-4-11(10(7-9)8-16-2)17-5-6-18-12(13,14)15/h3-4,7,16H,5-6,8H2,1-2H3. The molecule has 0 heterocycles. The van der Waals surface area contributed by atoms with E-state index in [4.69, 9.17) is 4.74 Å². The molecule has 0 aliphatic rings. The second-order valence-corrected chi connectivity index (χ2v) is 4.94. The van der Waals surface area contributed by atoms with Crippen molar-refractivity contribution < 1.29 is 17.9 Å². The predicted octanol–water partition coefficient (Wildman–Crippen LogP) is 3.35. The van der Waals surface area contributed by atoms with Crippen molar-refractivity contribution in [3.63, 3.8) is 0 Å². The summed E-state index contributed by atoms with van der Waals surface area (Å²) in [5, 5.41) is 3.00. The van der Waals surface area contributed by atoms with Gasteiger partial charge in [-0.3, -0.25) is 0 Å². The highest BCUT2D eigenvalue weighted by Gasteiger charge is 2.27. The van der Waals surface area contributed by atoms with Crippen LogP contribution >= 0.6 is 11.8 Å². The molecule has 1 rings (SSSR count). The number of thioether (sulfide) groups is 1. The molecular weight excluding hydrogens is 263 g/mol. The second kappa shape index (κ2) is 6.89. The van der Waals surface area contributed by atoms with Gasteiger partial charge in [0.25, 0.3) is 0 Å². The topological polar surface area (TPSA) is 21.3 Å². The summed E-state index contributed by atoms with van der Waals surface area (Å²) in [6.45, 7) is 2.63. The van der Waals surface area contributed by atoms with E-state index in [9.17, 15) is 13.2 Å². The molecule has 1 N–H and O–H groups in total.